The molecule has 1 heteroatoms. The smallest absolute Gasteiger partial charge is 0.0577 e. The molecule has 0 aromatic carbocycles. The highest BCUT2D eigenvalue weighted by Crippen LogP contribution is 2.67. The molecule has 32 heavy (non-hydrogen) atoms. The fourth-order valence-corrected chi connectivity index (χ4v) is 9.47. The summed E-state index contributed by atoms with van der Waals surface area (Å²) in [5.74, 6) is 5.70. The van der Waals surface area contributed by atoms with Gasteiger partial charge in [0.2, 0.25) is 0 Å². The maximum atomic E-state index is 10.3. The molecule has 10 atom stereocenters. The van der Waals surface area contributed by atoms with Crippen molar-refractivity contribution < 1.29 is 5.11 Å². The quantitative estimate of drug-likeness (QED) is 0.393. The first-order valence-corrected chi connectivity index (χ1v) is 14.2. The predicted molar refractivity (Wildman–Crippen MR) is 137 cm³/mol. The highest BCUT2D eigenvalue weighted by molar-refractivity contribution is 5.25. The van der Waals surface area contributed by atoms with Crippen LogP contribution in [0.25, 0.3) is 0 Å². The summed E-state index contributed by atoms with van der Waals surface area (Å²) >= 11 is 0. The van der Waals surface area contributed by atoms with Crippen LogP contribution in [0.4, 0.5) is 0 Å². The van der Waals surface area contributed by atoms with E-state index in [1.807, 2.05) is 0 Å². The third kappa shape index (κ3) is 3.97. The Hall–Kier alpha value is -0.560. The first kappa shape index (κ1) is 24.6. The van der Waals surface area contributed by atoms with E-state index >= 15 is 0 Å². The number of allylic oxidation sites excluding steroid dienone is 2. The van der Waals surface area contributed by atoms with Crippen LogP contribution in [0.15, 0.2) is 23.8 Å². The van der Waals surface area contributed by atoms with Crippen LogP contribution in [-0.2, 0) is 0 Å². The number of rotatable bonds is 7. The van der Waals surface area contributed by atoms with Crippen molar-refractivity contribution in [3.05, 3.63) is 23.8 Å². The molecule has 3 fully saturated rings. The summed E-state index contributed by atoms with van der Waals surface area (Å²) in [7, 11) is 0. The highest BCUT2D eigenvalue weighted by Gasteiger charge is 2.59. The Labute approximate surface area is 199 Å². The zero-order valence-corrected chi connectivity index (χ0v) is 22.1. The summed E-state index contributed by atoms with van der Waals surface area (Å²) in [6.07, 6.45) is 16.5. The van der Waals surface area contributed by atoms with Gasteiger partial charge in [0.15, 0.2) is 0 Å². The van der Waals surface area contributed by atoms with Crippen LogP contribution >= 0.6 is 0 Å². The molecule has 4 aliphatic carbocycles. The molecule has 2 unspecified atom stereocenters. The third-order valence-electron chi connectivity index (χ3n) is 11.8. The van der Waals surface area contributed by atoms with Gasteiger partial charge in [0.1, 0.15) is 0 Å². The van der Waals surface area contributed by atoms with Crippen molar-refractivity contribution in [1.29, 1.82) is 0 Å². The lowest BCUT2D eigenvalue weighted by atomic mass is 9.47. The molecule has 0 aliphatic heterocycles. The monoisotopic (exact) mass is 440 g/mol. The van der Waals surface area contributed by atoms with Gasteiger partial charge in [0, 0.05) is 0 Å². The van der Waals surface area contributed by atoms with Crippen molar-refractivity contribution in [2.75, 3.05) is 0 Å². The second-order valence-electron chi connectivity index (χ2n) is 13.1. The maximum Gasteiger partial charge on any atom is 0.0577 e. The minimum Gasteiger partial charge on any atom is -0.393 e. The second kappa shape index (κ2) is 9.24. The van der Waals surface area contributed by atoms with E-state index < -0.39 is 0 Å². The first-order valence-electron chi connectivity index (χ1n) is 14.2. The Balaban J connectivity index is 1.50. The highest BCUT2D eigenvalue weighted by atomic mass is 16.3. The number of hydrogen-bond donors (Lipinski definition) is 1. The zero-order valence-electron chi connectivity index (χ0n) is 22.1. The molecule has 0 spiro atoms. The van der Waals surface area contributed by atoms with E-state index in [1.165, 1.54) is 63.4 Å². The van der Waals surface area contributed by atoms with Gasteiger partial charge in [-0.25, -0.2) is 0 Å². The lowest BCUT2D eigenvalue weighted by Gasteiger charge is -2.58. The van der Waals surface area contributed by atoms with Crippen molar-refractivity contribution >= 4 is 0 Å². The van der Waals surface area contributed by atoms with Crippen LogP contribution in [-0.4, -0.2) is 11.2 Å². The Morgan fingerprint density at radius 1 is 1.06 bits per heavy atom. The van der Waals surface area contributed by atoms with E-state index in [-0.39, 0.29) is 6.10 Å². The Morgan fingerprint density at radius 3 is 2.50 bits per heavy atom. The molecule has 0 amide bonds. The molecular formula is C31H52O. The van der Waals surface area contributed by atoms with E-state index in [1.54, 1.807) is 5.57 Å². The van der Waals surface area contributed by atoms with E-state index in [4.69, 9.17) is 0 Å². The molecule has 3 saturated carbocycles. The van der Waals surface area contributed by atoms with E-state index in [0.717, 1.165) is 42.4 Å². The molecule has 0 heterocycles. The van der Waals surface area contributed by atoms with Crippen molar-refractivity contribution in [3.8, 4) is 0 Å². The third-order valence-corrected chi connectivity index (χ3v) is 11.8. The summed E-state index contributed by atoms with van der Waals surface area (Å²) in [4.78, 5) is 0. The molecule has 0 saturated heterocycles. The van der Waals surface area contributed by atoms with Crippen molar-refractivity contribution in [2.45, 2.75) is 118 Å². The minimum atomic E-state index is -0.0897. The molecule has 1 N–H and O–H groups in total. The molecule has 0 radical (unpaired) electrons. The largest absolute Gasteiger partial charge is 0.393 e. The van der Waals surface area contributed by atoms with Crippen LogP contribution in [0.5, 0.6) is 0 Å². The fraction of sp³-hybridized carbons (Fsp3) is 0.871. The number of aliphatic hydroxyl groups excluding tert-OH is 1. The number of hydrogen-bond acceptors (Lipinski definition) is 1. The molecule has 182 valence electrons. The van der Waals surface area contributed by atoms with Gasteiger partial charge in [-0.1, -0.05) is 65.3 Å². The van der Waals surface area contributed by atoms with Crippen LogP contribution in [0.3, 0.4) is 0 Å². The molecule has 0 aromatic rings. The van der Waals surface area contributed by atoms with Gasteiger partial charge in [-0.15, -0.1) is 0 Å². The van der Waals surface area contributed by atoms with Gasteiger partial charge in [0.05, 0.1) is 6.10 Å². The SMILES string of the molecule is C=C(C(C)CC)C(CC)C[C@@H](C)[C@H]1CC[C@H]2[C@@H]3CC=C4C[C@@H](O)CC[C@]4(C)[C@H]3CC[C@]12C. The lowest BCUT2D eigenvalue weighted by molar-refractivity contribution is -0.0578. The predicted octanol–water partition coefficient (Wildman–Crippen LogP) is 8.58. The van der Waals surface area contributed by atoms with E-state index in [0.29, 0.717) is 22.7 Å². The summed E-state index contributed by atoms with van der Waals surface area (Å²) in [5, 5.41) is 10.3. The number of aliphatic hydroxyl groups is 1. The average molecular weight is 441 g/mol. The Morgan fingerprint density at radius 2 is 1.81 bits per heavy atom. The Bertz CT molecular complexity index is 720. The molecular weight excluding hydrogens is 388 g/mol. The molecule has 1 nitrogen and oxygen atoms in total. The Kier molecular flexibility index (Phi) is 7.09. The standard InChI is InChI=1S/C31H52O/c1-8-20(3)22(5)23(9-2)18-21(4)27-12-13-28-26-11-10-24-19-25(32)14-16-30(24,6)29(26)15-17-31(27,28)7/h10,20-21,23,25-29,32H,5,8-9,11-19H2,1-4,6-7H3/t20?,21-,23?,25+,26+,27-,28+,29+,30+,31-/m1/s1. The molecule has 4 rings (SSSR count). The lowest BCUT2D eigenvalue weighted by Crippen LogP contribution is -2.50. The summed E-state index contributed by atoms with van der Waals surface area (Å²) in [5.41, 5.74) is 4.03. The maximum absolute atomic E-state index is 10.3. The summed E-state index contributed by atoms with van der Waals surface area (Å²) in [6.45, 7) is 19.5. The summed E-state index contributed by atoms with van der Waals surface area (Å²) < 4.78 is 0. The molecule has 0 bridgehead atoms. The van der Waals surface area contributed by atoms with Crippen molar-refractivity contribution in [2.24, 2.45) is 52.3 Å². The van der Waals surface area contributed by atoms with Gasteiger partial charge < -0.3 is 5.11 Å². The zero-order chi connectivity index (χ0) is 23.3. The van der Waals surface area contributed by atoms with Gasteiger partial charge in [0.25, 0.3) is 0 Å². The van der Waals surface area contributed by atoms with Crippen molar-refractivity contribution in [3.63, 3.8) is 0 Å². The first-order chi connectivity index (χ1) is 15.2. The van der Waals surface area contributed by atoms with Gasteiger partial charge in [-0.05, 0) is 123 Å². The fourth-order valence-electron chi connectivity index (χ4n) is 9.47. The van der Waals surface area contributed by atoms with Crippen LogP contribution < -0.4 is 0 Å². The van der Waals surface area contributed by atoms with Crippen LogP contribution in [0.2, 0.25) is 0 Å². The average Bonchev–Trinajstić information content (AvgIpc) is 3.14. The van der Waals surface area contributed by atoms with E-state index in [9.17, 15) is 5.11 Å². The van der Waals surface area contributed by atoms with Gasteiger partial charge in [-0.3, -0.25) is 0 Å². The topological polar surface area (TPSA) is 20.2 Å². The minimum absolute atomic E-state index is 0.0897. The number of fused-ring (bicyclic) bond motifs is 5. The molecule has 4 aliphatic rings. The van der Waals surface area contributed by atoms with Gasteiger partial charge in [-0.2, -0.15) is 0 Å². The normalized spacial score (nSPS) is 44.0. The van der Waals surface area contributed by atoms with Crippen LogP contribution in [0.1, 0.15) is 112 Å². The molecule has 0 aromatic heterocycles. The van der Waals surface area contributed by atoms with Gasteiger partial charge >= 0.3 is 0 Å². The van der Waals surface area contributed by atoms with E-state index in [2.05, 4.69) is 54.2 Å². The summed E-state index contributed by atoms with van der Waals surface area (Å²) in [6, 6.07) is 0. The van der Waals surface area contributed by atoms with Crippen molar-refractivity contribution in [1.82, 2.24) is 0 Å². The second-order valence-corrected chi connectivity index (χ2v) is 13.1. The van der Waals surface area contributed by atoms with Crippen LogP contribution in [0, 0.1) is 52.3 Å².